The first kappa shape index (κ1) is 21.2. The average Bonchev–Trinajstić information content (AvgIpc) is 2.67. The summed E-state index contributed by atoms with van der Waals surface area (Å²) in [6.07, 6.45) is 0. The van der Waals surface area contributed by atoms with Crippen molar-refractivity contribution < 1.29 is 32.6 Å². The molecule has 1 amide bonds. The van der Waals surface area contributed by atoms with Crippen LogP contribution in [-0.2, 0) is 9.57 Å². The molecule has 0 bridgehead atoms. The molecule has 0 heterocycles. The van der Waals surface area contributed by atoms with E-state index in [0.29, 0.717) is 5.56 Å². The highest BCUT2D eigenvalue weighted by Crippen LogP contribution is 2.28. The van der Waals surface area contributed by atoms with E-state index >= 15 is 0 Å². The van der Waals surface area contributed by atoms with Gasteiger partial charge in [-0.2, -0.15) is 0 Å². The summed E-state index contributed by atoms with van der Waals surface area (Å²) in [5, 5.41) is 11.0. The quantitative estimate of drug-likeness (QED) is 0.382. The number of carbonyl (C=O) groups excluding carboxylic acids is 1. The van der Waals surface area contributed by atoms with E-state index in [0.717, 1.165) is 18.2 Å². The van der Waals surface area contributed by atoms with Gasteiger partial charge in [0.1, 0.15) is 12.4 Å². The van der Waals surface area contributed by atoms with Crippen LogP contribution in [0.15, 0.2) is 30.3 Å². The summed E-state index contributed by atoms with van der Waals surface area (Å²) in [5.41, 5.74) is 1.26. The standard InChI is InChI=1S/C19H17F3N2O4/c1-27-9-2-3-12-4-7-16(15(21)11-12)23-18-13(5-6-14(20)17(18)22)19(26)24-28-10-8-25/h4-7,11,23,25H,8-10H2,1H3,(H,24,26). The normalized spacial score (nSPS) is 10.2. The molecule has 6 nitrogen and oxygen atoms in total. The topological polar surface area (TPSA) is 79.8 Å². The smallest absolute Gasteiger partial charge is 0.277 e. The zero-order valence-electron chi connectivity index (χ0n) is 14.8. The Morgan fingerprint density at radius 3 is 2.64 bits per heavy atom. The molecule has 9 heteroatoms. The van der Waals surface area contributed by atoms with E-state index in [4.69, 9.17) is 9.84 Å². The number of hydroxylamine groups is 1. The van der Waals surface area contributed by atoms with E-state index < -0.39 is 29.0 Å². The second kappa shape index (κ2) is 10.3. The van der Waals surface area contributed by atoms with Crippen molar-refractivity contribution in [3.63, 3.8) is 0 Å². The Kier molecular flexibility index (Phi) is 7.83. The van der Waals surface area contributed by atoms with Crippen molar-refractivity contribution in [1.82, 2.24) is 5.48 Å². The number of carbonyl (C=O) groups is 1. The van der Waals surface area contributed by atoms with E-state index in [9.17, 15) is 18.0 Å². The molecule has 0 aromatic heterocycles. The molecule has 3 N–H and O–H groups in total. The second-order valence-corrected chi connectivity index (χ2v) is 5.34. The number of amides is 1. The molecule has 0 aliphatic carbocycles. The highest BCUT2D eigenvalue weighted by Gasteiger charge is 2.20. The molecule has 0 aliphatic heterocycles. The van der Waals surface area contributed by atoms with Gasteiger partial charge in [-0.1, -0.05) is 11.8 Å². The minimum Gasteiger partial charge on any atom is -0.394 e. The van der Waals surface area contributed by atoms with Crippen molar-refractivity contribution in [2.45, 2.75) is 0 Å². The Labute approximate surface area is 159 Å². The van der Waals surface area contributed by atoms with Gasteiger partial charge in [-0.3, -0.25) is 9.63 Å². The molecule has 2 aromatic carbocycles. The maximum Gasteiger partial charge on any atom is 0.277 e. The fourth-order valence-electron chi connectivity index (χ4n) is 2.12. The molecule has 0 saturated carbocycles. The van der Waals surface area contributed by atoms with Gasteiger partial charge in [-0.25, -0.2) is 18.7 Å². The Balaban J connectivity index is 2.31. The summed E-state index contributed by atoms with van der Waals surface area (Å²) in [4.78, 5) is 16.8. The summed E-state index contributed by atoms with van der Waals surface area (Å²) < 4.78 is 47.0. The summed E-state index contributed by atoms with van der Waals surface area (Å²) >= 11 is 0. The van der Waals surface area contributed by atoms with Gasteiger partial charge >= 0.3 is 0 Å². The predicted molar refractivity (Wildman–Crippen MR) is 95.3 cm³/mol. The summed E-state index contributed by atoms with van der Waals surface area (Å²) in [6, 6.07) is 5.62. The number of aliphatic hydroxyl groups excluding tert-OH is 1. The number of benzene rings is 2. The van der Waals surface area contributed by atoms with Gasteiger partial charge in [-0.05, 0) is 30.3 Å². The van der Waals surface area contributed by atoms with E-state index in [1.807, 2.05) is 5.48 Å². The second-order valence-electron chi connectivity index (χ2n) is 5.34. The number of hydrogen-bond donors (Lipinski definition) is 3. The maximum absolute atomic E-state index is 14.3. The number of anilines is 2. The molecule has 0 unspecified atom stereocenters. The van der Waals surface area contributed by atoms with Crippen molar-refractivity contribution in [2.24, 2.45) is 0 Å². The van der Waals surface area contributed by atoms with Gasteiger partial charge < -0.3 is 15.2 Å². The zero-order chi connectivity index (χ0) is 20.5. The van der Waals surface area contributed by atoms with Gasteiger partial charge in [0.15, 0.2) is 11.6 Å². The van der Waals surface area contributed by atoms with Crippen molar-refractivity contribution in [2.75, 3.05) is 32.2 Å². The number of aliphatic hydroxyl groups is 1. The third kappa shape index (κ3) is 5.47. The number of rotatable bonds is 7. The summed E-state index contributed by atoms with van der Waals surface area (Å²) in [7, 11) is 1.47. The van der Waals surface area contributed by atoms with Crippen LogP contribution in [0.3, 0.4) is 0 Å². The summed E-state index contributed by atoms with van der Waals surface area (Å²) in [5.74, 6) is 1.06. The first-order valence-electron chi connectivity index (χ1n) is 8.03. The van der Waals surface area contributed by atoms with E-state index in [-0.39, 0.29) is 31.1 Å². The van der Waals surface area contributed by atoms with Gasteiger partial charge in [0, 0.05) is 12.7 Å². The molecule has 28 heavy (non-hydrogen) atoms. The summed E-state index contributed by atoms with van der Waals surface area (Å²) in [6.45, 7) is -0.376. The molecule has 0 saturated heterocycles. The molecule has 0 atom stereocenters. The lowest BCUT2D eigenvalue weighted by Crippen LogP contribution is -2.26. The molecule has 0 fully saturated rings. The van der Waals surface area contributed by atoms with Crippen LogP contribution < -0.4 is 10.8 Å². The fourth-order valence-corrected chi connectivity index (χ4v) is 2.12. The molecule has 0 radical (unpaired) electrons. The lowest BCUT2D eigenvalue weighted by atomic mass is 10.1. The minimum absolute atomic E-state index is 0.174. The number of halogens is 3. The predicted octanol–water partition coefficient (Wildman–Crippen LogP) is 2.50. The number of ether oxygens (including phenoxy) is 1. The van der Waals surface area contributed by atoms with Gasteiger partial charge in [-0.15, -0.1) is 0 Å². The zero-order valence-corrected chi connectivity index (χ0v) is 14.8. The van der Waals surface area contributed by atoms with E-state index in [2.05, 4.69) is 22.0 Å². The largest absolute Gasteiger partial charge is 0.394 e. The van der Waals surface area contributed by atoms with Crippen molar-refractivity contribution in [3.8, 4) is 11.8 Å². The molecular weight excluding hydrogens is 377 g/mol. The van der Waals surface area contributed by atoms with Crippen LogP contribution >= 0.6 is 0 Å². The number of methoxy groups -OCH3 is 1. The molecule has 0 aliphatic rings. The average molecular weight is 394 g/mol. The van der Waals surface area contributed by atoms with Crippen LogP contribution in [0.4, 0.5) is 24.5 Å². The lowest BCUT2D eigenvalue weighted by molar-refractivity contribution is 0.0168. The molecule has 0 spiro atoms. The van der Waals surface area contributed by atoms with Crippen LogP contribution in [0, 0.1) is 29.3 Å². The fraction of sp³-hybridized carbons (Fsp3) is 0.211. The molecule has 2 aromatic rings. The van der Waals surface area contributed by atoms with Crippen molar-refractivity contribution in [1.29, 1.82) is 0 Å². The Morgan fingerprint density at radius 2 is 1.96 bits per heavy atom. The van der Waals surface area contributed by atoms with Gasteiger partial charge in [0.05, 0.1) is 30.2 Å². The lowest BCUT2D eigenvalue weighted by Gasteiger charge is -2.14. The van der Waals surface area contributed by atoms with Crippen LogP contribution in [-0.4, -0.2) is 37.9 Å². The first-order chi connectivity index (χ1) is 13.5. The van der Waals surface area contributed by atoms with Gasteiger partial charge in [0.2, 0.25) is 0 Å². The highest BCUT2D eigenvalue weighted by atomic mass is 19.2. The van der Waals surface area contributed by atoms with Crippen molar-refractivity contribution >= 4 is 17.3 Å². The SMILES string of the molecule is COCC#Cc1ccc(Nc2c(C(=O)NOCCO)ccc(F)c2F)c(F)c1. The third-order valence-corrected chi connectivity index (χ3v) is 3.38. The van der Waals surface area contributed by atoms with E-state index in [1.54, 1.807) is 0 Å². The minimum atomic E-state index is -1.36. The number of nitrogens with one attached hydrogen (secondary N) is 2. The van der Waals surface area contributed by atoms with Gasteiger partial charge in [0.25, 0.3) is 5.91 Å². The van der Waals surface area contributed by atoms with Crippen molar-refractivity contribution in [3.05, 3.63) is 58.9 Å². The number of hydrogen-bond acceptors (Lipinski definition) is 5. The highest BCUT2D eigenvalue weighted by molar-refractivity contribution is 6.00. The molecule has 148 valence electrons. The maximum atomic E-state index is 14.3. The molecular formula is C19H17F3N2O4. The van der Waals surface area contributed by atoms with Crippen LogP contribution in [0.5, 0.6) is 0 Å². The first-order valence-corrected chi connectivity index (χ1v) is 8.03. The Hall–Kier alpha value is -3.06. The molecule has 2 rings (SSSR count). The third-order valence-electron chi connectivity index (χ3n) is 3.38. The Morgan fingerprint density at radius 1 is 1.18 bits per heavy atom. The monoisotopic (exact) mass is 394 g/mol. The van der Waals surface area contributed by atoms with Crippen LogP contribution in [0.25, 0.3) is 0 Å². The van der Waals surface area contributed by atoms with Crippen LogP contribution in [0.1, 0.15) is 15.9 Å². The van der Waals surface area contributed by atoms with Crippen LogP contribution in [0.2, 0.25) is 0 Å². The Bertz CT molecular complexity index is 910. The van der Waals surface area contributed by atoms with E-state index in [1.165, 1.54) is 19.2 Å².